The van der Waals surface area contributed by atoms with Crippen molar-refractivity contribution in [1.29, 1.82) is 0 Å². The van der Waals surface area contributed by atoms with Crippen LogP contribution < -0.4 is 14.8 Å². The van der Waals surface area contributed by atoms with Crippen molar-refractivity contribution in [2.45, 2.75) is 12.8 Å². The molecule has 1 amide bonds. The van der Waals surface area contributed by atoms with Gasteiger partial charge in [-0.15, -0.1) is 0 Å². The smallest absolute Gasteiger partial charge is 0.339 e. The van der Waals surface area contributed by atoms with Crippen molar-refractivity contribution >= 4 is 29.2 Å². The lowest BCUT2D eigenvalue weighted by atomic mass is 10.1. The van der Waals surface area contributed by atoms with Crippen LogP contribution >= 0.6 is 11.6 Å². The summed E-state index contributed by atoms with van der Waals surface area (Å²) in [4.78, 5) is 23.1. The summed E-state index contributed by atoms with van der Waals surface area (Å²) >= 11 is 6.03. The van der Waals surface area contributed by atoms with E-state index in [1.807, 2.05) is 30.3 Å². The number of aromatic carboxylic acids is 1. The zero-order chi connectivity index (χ0) is 18.2. The maximum Gasteiger partial charge on any atom is 0.339 e. The van der Waals surface area contributed by atoms with Crippen molar-refractivity contribution in [3.8, 4) is 11.5 Å². The van der Waals surface area contributed by atoms with Gasteiger partial charge in [0.1, 0.15) is 17.1 Å². The van der Waals surface area contributed by atoms with Crippen molar-refractivity contribution in [3.63, 3.8) is 0 Å². The molecule has 0 radical (unpaired) electrons. The van der Waals surface area contributed by atoms with Crippen LogP contribution in [-0.4, -0.2) is 30.7 Å². The van der Waals surface area contributed by atoms with Crippen molar-refractivity contribution < 1.29 is 24.2 Å². The van der Waals surface area contributed by atoms with Crippen LogP contribution in [-0.2, 0) is 4.79 Å². The van der Waals surface area contributed by atoms with Gasteiger partial charge in [0.25, 0.3) is 0 Å². The van der Waals surface area contributed by atoms with E-state index in [-0.39, 0.29) is 28.7 Å². The molecule has 2 N–H and O–H groups in total. The Hall–Kier alpha value is -2.73. The molecule has 0 saturated carbocycles. The van der Waals surface area contributed by atoms with Gasteiger partial charge in [-0.25, -0.2) is 4.79 Å². The number of nitrogens with one attached hydrogen (secondary N) is 1. The third-order valence-corrected chi connectivity index (χ3v) is 3.67. The van der Waals surface area contributed by atoms with Crippen LogP contribution in [0.15, 0.2) is 42.5 Å². The molecule has 0 unspecified atom stereocenters. The minimum atomic E-state index is -1.16. The molecule has 6 nitrogen and oxygen atoms in total. The largest absolute Gasteiger partial charge is 0.496 e. The Balaban J connectivity index is 1.88. The third-order valence-electron chi connectivity index (χ3n) is 3.35. The van der Waals surface area contributed by atoms with Crippen LogP contribution in [0.3, 0.4) is 0 Å². The van der Waals surface area contributed by atoms with Gasteiger partial charge >= 0.3 is 5.97 Å². The molecular weight excluding hydrogens is 346 g/mol. The second kappa shape index (κ2) is 8.94. The highest BCUT2D eigenvalue weighted by molar-refractivity contribution is 6.34. The molecule has 132 valence electrons. The molecule has 0 fully saturated rings. The highest BCUT2D eigenvalue weighted by Gasteiger charge is 2.16. The standard InChI is InChI=1S/C18H18ClNO5/c1-24-16-11-15(14(19)10-13(16)18(22)23)20-17(21)8-5-9-25-12-6-3-2-4-7-12/h2-4,6-7,10-11H,5,8-9H2,1H3,(H,20,21)(H,22,23). The molecule has 0 aliphatic heterocycles. The first-order chi connectivity index (χ1) is 12.0. The second-order valence-electron chi connectivity index (χ2n) is 5.15. The number of methoxy groups -OCH3 is 1. The summed E-state index contributed by atoms with van der Waals surface area (Å²) in [6, 6.07) is 12.0. The predicted octanol–water partition coefficient (Wildman–Crippen LogP) is 3.84. The summed E-state index contributed by atoms with van der Waals surface area (Å²) in [7, 11) is 1.35. The van der Waals surface area contributed by atoms with Crippen LogP contribution in [0, 0.1) is 0 Å². The highest BCUT2D eigenvalue weighted by atomic mass is 35.5. The molecule has 0 atom stereocenters. The number of ether oxygens (including phenoxy) is 2. The van der Waals surface area contributed by atoms with Gasteiger partial charge in [-0.2, -0.15) is 0 Å². The molecule has 0 spiro atoms. The van der Waals surface area contributed by atoms with Gasteiger partial charge in [-0.05, 0) is 24.6 Å². The van der Waals surface area contributed by atoms with Gasteiger partial charge in [0, 0.05) is 12.5 Å². The number of carboxylic acid groups (broad SMARTS) is 1. The molecule has 0 bridgehead atoms. The molecule has 25 heavy (non-hydrogen) atoms. The summed E-state index contributed by atoms with van der Waals surface area (Å²) in [6.07, 6.45) is 0.773. The molecule has 0 aromatic heterocycles. The minimum absolute atomic E-state index is 0.0678. The Morgan fingerprint density at radius 1 is 1.20 bits per heavy atom. The lowest BCUT2D eigenvalue weighted by Crippen LogP contribution is -2.14. The zero-order valence-electron chi connectivity index (χ0n) is 13.6. The first-order valence-corrected chi connectivity index (χ1v) is 7.97. The number of benzene rings is 2. The number of hydrogen-bond acceptors (Lipinski definition) is 4. The van der Waals surface area contributed by atoms with E-state index in [0.717, 1.165) is 5.75 Å². The average Bonchev–Trinajstić information content (AvgIpc) is 2.61. The van der Waals surface area contributed by atoms with Gasteiger partial charge in [-0.1, -0.05) is 29.8 Å². The quantitative estimate of drug-likeness (QED) is 0.696. The van der Waals surface area contributed by atoms with Gasteiger partial charge in [0.2, 0.25) is 5.91 Å². The summed E-state index contributed by atoms with van der Waals surface area (Å²) in [5.41, 5.74) is 0.235. The maximum atomic E-state index is 12.0. The van der Waals surface area contributed by atoms with E-state index in [1.54, 1.807) is 0 Å². The first kappa shape index (κ1) is 18.6. The number of para-hydroxylation sites is 1. The van der Waals surface area contributed by atoms with E-state index in [1.165, 1.54) is 19.2 Å². The molecule has 0 heterocycles. The Morgan fingerprint density at radius 3 is 2.56 bits per heavy atom. The maximum absolute atomic E-state index is 12.0. The molecule has 2 aromatic rings. The van der Waals surface area contributed by atoms with Gasteiger partial charge in [0.05, 0.1) is 24.4 Å². The fourth-order valence-electron chi connectivity index (χ4n) is 2.14. The normalized spacial score (nSPS) is 10.2. The molecule has 2 aromatic carbocycles. The van der Waals surface area contributed by atoms with Crippen LogP contribution in [0.2, 0.25) is 5.02 Å². The molecule has 2 rings (SSSR count). The van der Waals surface area contributed by atoms with E-state index < -0.39 is 5.97 Å². The van der Waals surface area contributed by atoms with Crippen molar-refractivity contribution in [2.75, 3.05) is 19.0 Å². The number of amides is 1. The monoisotopic (exact) mass is 363 g/mol. The SMILES string of the molecule is COc1cc(NC(=O)CCCOc2ccccc2)c(Cl)cc1C(=O)O. The fourth-order valence-corrected chi connectivity index (χ4v) is 2.35. The molecule has 0 saturated heterocycles. The van der Waals surface area contributed by atoms with Gasteiger partial charge in [0.15, 0.2) is 0 Å². The Morgan fingerprint density at radius 2 is 1.92 bits per heavy atom. The van der Waals surface area contributed by atoms with E-state index >= 15 is 0 Å². The Bertz CT molecular complexity index is 749. The Labute approximate surface area is 150 Å². The van der Waals surface area contributed by atoms with Crippen molar-refractivity contribution in [3.05, 3.63) is 53.1 Å². The van der Waals surface area contributed by atoms with Crippen molar-refractivity contribution in [1.82, 2.24) is 0 Å². The van der Waals surface area contributed by atoms with Crippen molar-refractivity contribution in [2.24, 2.45) is 0 Å². The van der Waals surface area contributed by atoms with Crippen LogP contribution in [0.25, 0.3) is 0 Å². The van der Waals surface area contributed by atoms with Crippen LogP contribution in [0.1, 0.15) is 23.2 Å². The summed E-state index contributed by atoms with van der Waals surface area (Å²) in [5, 5.41) is 11.9. The number of hydrogen-bond donors (Lipinski definition) is 2. The predicted molar refractivity (Wildman–Crippen MR) is 94.8 cm³/mol. The van der Waals surface area contributed by atoms with E-state index in [0.29, 0.717) is 18.7 Å². The summed E-state index contributed by atoms with van der Waals surface area (Å²) in [5.74, 6) is -0.530. The molecule has 0 aliphatic rings. The highest BCUT2D eigenvalue weighted by Crippen LogP contribution is 2.31. The third kappa shape index (κ3) is 5.39. The van der Waals surface area contributed by atoms with Crippen LogP contribution in [0.4, 0.5) is 5.69 Å². The number of anilines is 1. The Kier molecular flexibility index (Phi) is 6.65. The molecule has 7 heteroatoms. The van der Waals surface area contributed by atoms with Crippen LogP contribution in [0.5, 0.6) is 11.5 Å². The minimum Gasteiger partial charge on any atom is -0.496 e. The fraction of sp³-hybridized carbons (Fsp3) is 0.222. The van der Waals surface area contributed by atoms with E-state index in [4.69, 9.17) is 26.2 Å². The first-order valence-electron chi connectivity index (χ1n) is 7.59. The topological polar surface area (TPSA) is 84.9 Å². The lowest BCUT2D eigenvalue weighted by molar-refractivity contribution is -0.116. The molecular formula is C18H18ClNO5. The van der Waals surface area contributed by atoms with Gasteiger partial charge < -0.3 is 19.9 Å². The number of carbonyl (C=O) groups excluding carboxylic acids is 1. The number of carboxylic acids is 1. The number of carbonyl (C=O) groups is 2. The van der Waals surface area contributed by atoms with Gasteiger partial charge in [-0.3, -0.25) is 4.79 Å². The lowest BCUT2D eigenvalue weighted by Gasteiger charge is -2.12. The van der Waals surface area contributed by atoms with E-state index in [2.05, 4.69) is 5.32 Å². The molecule has 0 aliphatic carbocycles. The number of rotatable bonds is 8. The van der Waals surface area contributed by atoms with E-state index in [9.17, 15) is 9.59 Å². The average molecular weight is 364 g/mol. The zero-order valence-corrected chi connectivity index (χ0v) is 14.4. The number of halogens is 1. The summed E-state index contributed by atoms with van der Waals surface area (Å²) < 4.78 is 10.5. The second-order valence-corrected chi connectivity index (χ2v) is 5.56. The summed E-state index contributed by atoms with van der Waals surface area (Å²) in [6.45, 7) is 0.409.